The smallest absolute Gasteiger partial charge is 0.256 e. The maximum absolute atomic E-state index is 10.8. The largest absolute Gasteiger partial charge is 0.550 e. The van der Waals surface area contributed by atoms with Crippen LogP contribution in [0.2, 0.25) is 0 Å². The number of aromatic nitrogens is 2. The van der Waals surface area contributed by atoms with Gasteiger partial charge >= 0.3 is 0 Å². The molecule has 2 rings (SSSR count). The molecule has 4 nitrogen and oxygen atoms in total. The highest BCUT2D eigenvalue weighted by atomic mass is 16.4. The number of benzene rings is 1. The van der Waals surface area contributed by atoms with E-state index in [-0.39, 0.29) is 6.42 Å². The van der Waals surface area contributed by atoms with Gasteiger partial charge in [0, 0.05) is 18.8 Å². The van der Waals surface area contributed by atoms with Crippen LogP contribution < -0.4 is 9.67 Å². The molecule has 0 unspecified atom stereocenters. The molecular weight excluding hydrogens is 312 g/mol. The summed E-state index contributed by atoms with van der Waals surface area (Å²) in [4.78, 5) is 10.8. The molecule has 0 saturated heterocycles. The second-order valence-electron chi connectivity index (χ2n) is 6.66. The number of hydrogen-bond donors (Lipinski definition) is 0. The van der Waals surface area contributed by atoms with Crippen LogP contribution in [0, 0.1) is 0 Å². The first kappa shape index (κ1) is 19.2. The molecule has 0 N–H and O–H groups in total. The van der Waals surface area contributed by atoms with Crippen LogP contribution in [-0.4, -0.2) is 10.5 Å². The van der Waals surface area contributed by atoms with Crippen molar-refractivity contribution >= 4 is 5.97 Å². The number of aryl methyl sites for hydroxylation is 1. The van der Waals surface area contributed by atoms with E-state index in [1.54, 1.807) is 0 Å². The lowest BCUT2D eigenvalue weighted by atomic mass is 10.1. The Morgan fingerprint density at radius 3 is 2.52 bits per heavy atom. The zero-order valence-electron chi connectivity index (χ0n) is 15.3. The van der Waals surface area contributed by atoms with Crippen molar-refractivity contribution in [3.63, 3.8) is 0 Å². The second-order valence-corrected chi connectivity index (χ2v) is 6.66. The Bertz CT molecular complexity index is 635. The number of carbonyl (C=O) groups excluding carboxylic acids is 1. The van der Waals surface area contributed by atoms with Crippen molar-refractivity contribution < 1.29 is 14.5 Å². The van der Waals surface area contributed by atoms with E-state index in [4.69, 9.17) is 0 Å². The number of unbranched alkanes of at least 4 members (excludes halogenated alkanes) is 5. The summed E-state index contributed by atoms with van der Waals surface area (Å²) in [6, 6.07) is 10.4. The lowest BCUT2D eigenvalue weighted by Gasteiger charge is -2.07. The highest BCUT2D eigenvalue weighted by Gasteiger charge is 2.17. The van der Waals surface area contributed by atoms with Gasteiger partial charge < -0.3 is 9.90 Å². The highest BCUT2D eigenvalue weighted by Crippen LogP contribution is 2.10. The Hall–Kier alpha value is -2.10. The van der Waals surface area contributed by atoms with E-state index in [0.29, 0.717) is 6.54 Å². The number of rotatable bonds is 12. The van der Waals surface area contributed by atoms with Gasteiger partial charge in [0.15, 0.2) is 0 Å². The number of carbonyl (C=O) groups is 1. The van der Waals surface area contributed by atoms with Gasteiger partial charge in [0.1, 0.15) is 18.9 Å². The zero-order chi connectivity index (χ0) is 17.9. The highest BCUT2D eigenvalue weighted by molar-refractivity contribution is 5.64. The Labute approximate surface area is 151 Å². The van der Waals surface area contributed by atoms with Gasteiger partial charge in [-0.05, 0) is 12.0 Å². The molecule has 0 saturated carbocycles. The fraction of sp³-hybridized carbons (Fsp3) is 0.524. The third-order valence-electron chi connectivity index (χ3n) is 4.60. The minimum atomic E-state index is -0.992. The van der Waals surface area contributed by atoms with Crippen LogP contribution in [0.4, 0.5) is 0 Å². The topological polar surface area (TPSA) is 48.9 Å². The number of nitrogens with zero attached hydrogens (tertiary/aromatic N) is 2. The van der Waals surface area contributed by atoms with Crippen molar-refractivity contribution in [3.8, 4) is 0 Å². The van der Waals surface area contributed by atoms with Crippen molar-refractivity contribution in [1.82, 2.24) is 4.57 Å². The molecule has 25 heavy (non-hydrogen) atoms. The minimum Gasteiger partial charge on any atom is -0.550 e. The van der Waals surface area contributed by atoms with Gasteiger partial charge in [-0.15, -0.1) is 0 Å². The SMILES string of the molecule is CCCCCCCCc1n(CCC(=O)[O-])cc[n+]1Cc1ccccc1. The quantitative estimate of drug-likeness (QED) is 0.440. The number of imidazole rings is 1. The average Bonchev–Trinajstić information content (AvgIpc) is 2.99. The number of aliphatic carboxylic acids is 1. The van der Waals surface area contributed by atoms with Gasteiger partial charge in [-0.2, -0.15) is 0 Å². The summed E-state index contributed by atoms with van der Waals surface area (Å²) < 4.78 is 4.32. The van der Waals surface area contributed by atoms with Gasteiger partial charge in [-0.1, -0.05) is 69.4 Å². The molecule has 0 aliphatic carbocycles. The van der Waals surface area contributed by atoms with E-state index in [2.05, 4.69) is 46.5 Å². The molecule has 0 radical (unpaired) electrons. The molecule has 0 bridgehead atoms. The Morgan fingerprint density at radius 1 is 1.08 bits per heavy atom. The summed E-state index contributed by atoms with van der Waals surface area (Å²) in [5.41, 5.74) is 1.26. The summed E-state index contributed by atoms with van der Waals surface area (Å²) in [7, 11) is 0. The fourth-order valence-electron chi connectivity index (χ4n) is 3.19. The zero-order valence-corrected chi connectivity index (χ0v) is 15.3. The van der Waals surface area contributed by atoms with E-state index < -0.39 is 5.97 Å². The van der Waals surface area contributed by atoms with E-state index in [0.717, 1.165) is 19.4 Å². The monoisotopic (exact) mass is 342 g/mol. The summed E-state index contributed by atoms with van der Waals surface area (Å²) in [6.07, 6.45) is 12.7. The predicted molar refractivity (Wildman–Crippen MR) is 96.9 cm³/mol. The minimum absolute atomic E-state index is 0.0590. The molecule has 0 spiro atoms. The molecular formula is C21H30N2O2. The summed E-state index contributed by atoms with van der Waals surface area (Å²) >= 11 is 0. The van der Waals surface area contributed by atoms with Gasteiger partial charge in [-0.3, -0.25) is 0 Å². The lowest BCUT2D eigenvalue weighted by molar-refractivity contribution is -0.695. The standard InChI is InChI=1S/C21H30N2O2/c1-2-3-4-5-6-10-13-20-22(15-14-21(24)25)16-17-23(20)18-19-11-8-7-9-12-19/h7-9,11-12,16-17H,2-6,10,13-15,18H2,1H3. The second kappa shape index (κ2) is 10.7. The molecule has 2 aromatic rings. The summed E-state index contributed by atoms with van der Waals surface area (Å²) in [6.45, 7) is 3.54. The number of carboxylic acids is 1. The van der Waals surface area contributed by atoms with Crippen molar-refractivity contribution in [2.75, 3.05) is 0 Å². The van der Waals surface area contributed by atoms with Crippen LogP contribution in [-0.2, 0) is 24.3 Å². The molecule has 136 valence electrons. The normalized spacial score (nSPS) is 10.9. The fourth-order valence-corrected chi connectivity index (χ4v) is 3.19. The Kier molecular flexibility index (Phi) is 8.23. The van der Waals surface area contributed by atoms with Crippen LogP contribution in [0.3, 0.4) is 0 Å². The predicted octanol–water partition coefficient (Wildman–Crippen LogP) is 2.87. The first-order valence-electron chi connectivity index (χ1n) is 9.52. The Morgan fingerprint density at radius 2 is 1.80 bits per heavy atom. The van der Waals surface area contributed by atoms with Gasteiger partial charge in [0.25, 0.3) is 5.82 Å². The van der Waals surface area contributed by atoms with E-state index in [1.165, 1.54) is 43.5 Å². The van der Waals surface area contributed by atoms with Crippen LogP contribution in [0.25, 0.3) is 0 Å². The first-order valence-corrected chi connectivity index (χ1v) is 9.52. The molecule has 4 heteroatoms. The Balaban J connectivity index is 2.00. The van der Waals surface area contributed by atoms with E-state index in [9.17, 15) is 9.90 Å². The average molecular weight is 342 g/mol. The van der Waals surface area contributed by atoms with Gasteiger partial charge in [0.2, 0.25) is 0 Å². The molecule has 0 fully saturated rings. The summed E-state index contributed by atoms with van der Waals surface area (Å²) in [5, 5.41) is 10.8. The molecule has 0 aliphatic rings. The van der Waals surface area contributed by atoms with E-state index in [1.807, 2.05) is 12.3 Å². The number of carboxylic acid groups (broad SMARTS) is 1. The molecule has 0 aliphatic heterocycles. The van der Waals surface area contributed by atoms with Crippen molar-refractivity contribution in [2.24, 2.45) is 0 Å². The van der Waals surface area contributed by atoms with Gasteiger partial charge in [0.05, 0.1) is 6.54 Å². The molecule has 1 heterocycles. The van der Waals surface area contributed by atoms with Crippen LogP contribution in [0.5, 0.6) is 0 Å². The van der Waals surface area contributed by atoms with Crippen LogP contribution in [0.1, 0.15) is 63.3 Å². The molecule has 0 amide bonds. The van der Waals surface area contributed by atoms with Crippen LogP contribution in [0.15, 0.2) is 42.7 Å². The molecule has 1 aromatic heterocycles. The van der Waals surface area contributed by atoms with Gasteiger partial charge in [-0.25, -0.2) is 9.13 Å². The maximum atomic E-state index is 10.8. The lowest BCUT2D eigenvalue weighted by Crippen LogP contribution is -2.38. The number of hydrogen-bond acceptors (Lipinski definition) is 2. The van der Waals surface area contributed by atoms with Crippen molar-refractivity contribution in [2.45, 2.75) is 71.4 Å². The maximum Gasteiger partial charge on any atom is 0.256 e. The van der Waals surface area contributed by atoms with Crippen molar-refractivity contribution in [3.05, 3.63) is 54.1 Å². The van der Waals surface area contributed by atoms with Crippen molar-refractivity contribution in [1.29, 1.82) is 0 Å². The summed E-state index contributed by atoms with van der Waals surface area (Å²) in [5.74, 6) is 0.217. The first-order chi connectivity index (χ1) is 12.2. The molecule has 1 aromatic carbocycles. The third-order valence-corrected chi connectivity index (χ3v) is 4.60. The molecule has 0 atom stereocenters. The third kappa shape index (κ3) is 6.73. The van der Waals surface area contributed by atoms with Crippen LogP contribution >= 0.6 is 0 Å². The van der Waals surface area contributed by atoms with E-state index >= 15 is 0 Å².